The zero-order valence-electron chi connectivity index (χ0n) is 13.5. The predicted octanol–water partition coefficient (Wildman–Crippen LogP) is 4.92. The molecule has 0 saturated heterocycles. The molecule has 3 rings (SSSR count). The van der Waals surface area contributed by atoms with Gasteiger partial charge in [-0.1, -0.05) is 39.7 Å². The Kier molecular flexibility index (Phi) is 4.92. The van der Waals surface area contributed by atoms with Gasteiger partial charge in [-0.15, -0.1) is 0 Å². The molecule has 128 valence electrons. The number of hydrogen-bond acceptors (Lipinski definition) is 2. The lowest BCUT2D eigenvalue weighted by molar-refractivity contribution is 0.0983. The van der Waals surface area contributed by atoms with Crippen LogP contribution in [0, 0.1) is 5.82 Å². The molecule has 2 aromatic carbocycles. The van der Waals surface area contributed by atoms with Crippen LogP contribution in [0.5, 0.6) is 0 Å². The van der Waals surface area contributed by atoms with Crippen LogP contribution in [0.3, 0.4) is 0 Å². The molecule has 0 aliphatic heterocycles. The van der Waals surface area contributed by atoms with E-state index in [2.05, 4.69) is 21.0 Å². The van der Waals surface area contributed by atoms with Crippen molar-refractivity contribution < 1.29 is 9.18 Å². The van der Waals surface area contributed by atoms with Gasteiger partial charge >= 0.3 is 0 Å². The van der Waals surface area contributed by atoms with Crippen LogP contribution < -0.4 is 4.90 Å². The highest BCUT2D eigenvalue weighted by atomic mass is 79.9. The van der Waals surface area contributed by atoms with Gasteiger partial charge in [0.15, 0.2) is 0 Å². The summed E-state index contributed by atoms with van der Waals surface area (Å²) in [7, 11) is 3.21. The number of nitrogens with zero attached hydrogens (tertiary/aromatic N) is 3. The molecule has 0 fully saturated rings. The first-order valence-corrected chi connectivity index (χ1v) is 8.57. The van der Waals surface area contributed by atoms with Crippen LogP contribution in [-0.4, -0.2) is 22.7 Å². The van der Waals surface area contributed by atoms with Gasteiger partial charge in [-0.05, 0) is 36.4 Å². The van der Waals surface area contributed by atoms with E-state index in [4.69, 9.17) is 11.6 Å². The molecular weight excluding hydrogens is 409 g/mol. The Morgan fingerprint density at radius 3 is 2.52 bits per heavy atom. The van der Waals surface area contributed by atoms with E-state index in [1.165, 1.54) is 22.7 Å². The molecule has 0 bridgehead atoms. The number of aromatic nitrogens is 2. The van der Waals surface area contributed by atoms with Gasteiger partial charge in [0, 0.05) is 29.2 Å². The average molecular weight is 423 g/mol. The first-order chi connectivity index (χ1) is 11.9. The third-order valence-electron chi connectivity index (χ3n) is 3.81. The minimum absolute atomic E-state index is 0.197. The molecule has 3 aromatic rings. The topological polar surface area (TPSA) is 38.1 Å². The molecule has 1 heterocycles. The number of benzene rings is 2. The van der Waals surface area contributed by atoms with E-state index in [1.54, 1.807) is 37.4 Å². The van der Waals surface area contributed by atoms with Crippen LogP contribution in [0.4, 0.5) is 10.1 Å². The predicted molar refractivity (Wildman–Crippen MR) is 100 cm³/mol. The minimum Gasteiger partial charge on any atom is -0.307 e. The average Bonchev–Trinajstić information content (AvgIpc) is 2.96. The van der Waals surface area contributed by atoms with E-state index < -0.39 is 5.82 Å². The van der Waals surface area contributed by atoms with E-state index >= 15 is 0 Å². The summed E-state index contributed by atoms with van der Waals surface area (Å²) in [6.45, 7) is 0. The number of amides is 1. The fourth-order valence-electron chi connectivity index (χ4n) is 2.46. The number of anilines is 1. The molecule has 7 heteroatoms. The van der Waals surface area contributed by atoms with E-state index in [9.17, 15) is 9.18 Å². The second-order valence-corrected chi connectivity index (χ2v) is 6.86. The van der Waals surface area contributed by atoms with Crippen molar-refractivity contribution in [3.8, 4) is 11.3 Å². The smallest absolute Gasteiger partial charge is 0.276 e. The summed E-state index contributed by atoms with van der Waals surface area (Å²) < 4.78 is 16.2. The van der Waals surface area contributed by atoms with Crippen LogP contribution in [0.1, 0.15) is 10.5 Å². The maximum absolute atomic E-state index is 14.1. The highest BCUT2D eigenvalue weighted by Crippen LogP contribution is 2.25. The van der Waals surface area contributed by atoms with Crippen molar-refractivity contribution in [2.75, 3.05) is 11.9 Å². The van der Waals surface area contributed by atoms with Gasteiger partial charge in [-0.25, -0.2) is 4.39 Å². The zero-order valence-corrected chi connectivity index (χ0v) is 15.8. The van der Waals surface area contributed by atoms with E-state index in [0.717, 1.165) is 5.56 Å². The van der Waals surface area contributed by atoms with Gasteiger partial charge in [-0.3, -0.25) is 9.48 Å². The summed E-state index contributed by atoms with van der Waals surface area (Å²) in [6.07, 6.45) is 0. The van der Waals surface area contributed by atoms with E-state index in [-0.39, 0.29) is 11.6 Å². The molecule has 25 heavy (non-hydrogen) atoms. The summed E-state index contributed by atoms with van der Waals surface area (Å²) >= 11 is 9.10. The van der Waals surface area contributed by atoms with E-state index in [1.807, 2.05) is 12.1 Å². The van der Waals surface area contributed by atoms with Gasteiger partial charge in [-0.2, -0.15) is 5.10 Å². The Morgan fingerprint density at radius 1 is 1.20 bits per heavy atom. The number of rotatable bonds is 3. The van der Waals surface area contributed by atoms with Gasteiger partial charge < -0.3 is 4.90 Å². The maximum Gasteiger partial charge on any atom is 0.276 e. The maximum atomic E-state index is 14.1. The molecule has 0 N–H and O–H groups in total. The molecule has 0 saturated carbocycles. The van der Waals surface area contributed by atoms with Crippen LogP contribution >= 0.6 is 27.5 Å². The first-order valence-electron chi connectivity index (χ1n) is 7.40. The van der Waals surface area contributed by atoms with Crippen molar-refractivity contribution in [1.82, 2.24) is 9.78 Å². The Morgan fingerprint density at radius 2 is 1.88 bits per heavy atom. The molecule has 0 atom stereocenters. The Hall–Kier alpha value is -2.18. The number of carbonyl (C=O) groups excluding carboxylic acids is 1. The Balaban J connectivity index is 1.93. The van der Waals surface area contributed by atoms with Crippen molar-refractivity contribution in [3.63, 3.8) is 0 Å². The molecule has 1 amide bonds. The zero-order chi connectivity index (χ0) is 18.1. The fourth-order valence-corrected chi connectivity index (χ4v) is 2.92. The molecule has 4 nitrogen and oxygen atoms in total. The lowest BCUT2D eigenvalue weighted by atomic mass is 10.1. The monoisotopic (exact) mass is 421 g/mol. The summed E-state index contributed by atoms with van der Waals surface area (Å²) in [5.74, 6) is -0.832. The molecular formula is C18H14BrClFN3O. The summed E-state index contributed by atoms with van der Waals surface area (Å²) in [5.41, 5.74) is 2.04. The summed E-state index contributed by atoms with van der Waals surface area (Å²) in [4.78, 5) is 14.0. The third-order valence-corrected chi connectivity index (χ3v) is 4.56. The van der Waals surface area contributed by atoms with E-state index in [0.29, 0.717) is 20.9 Å². The summed E-state index contributed by atoms with van der Waals surface area (Å²) in [5, 5.41) is 5.00. The molecule has 0 aliphatic rings. The molecule has 1 aromatic heterocycles. The highest BCUT2D eigenvalue weighted by Gasteiger charge is 2.21. The highest BCUT2D eigenvalue weighted by molar-refractivity contribution is 9.10. The SMILES string of the molecule is CN(C(=O)c1cc(-c2ccc(Cl)cc2)nn1C)c1ccc(Br)cc1F. The van der Waals surface area contributed by atoms with Gasteiger partial charge in [0.05, 0.1) is 11.4 Å². The largest absolute Gasteiger partial charge is 0.307 e. The van der Waals surface area contributed by atoms with Gasteiger partial charge in [0.2, 0.25) is 0 Å². The molecule has 0 aliphatic carbocycles. The van der Waals surface area contributed by atoms with Gasteiger partial charge in [0.1, 0.15) is 11.5 Å². The second kappa shape index (κ2) is 6.98. The summed E-state index contributed by atoms with van der Waals surface area (Å²) in [6, 6.07) is 13.4. The number of aryl methyl sites for hydroxylation is 1. The lowest BCUT2D eigenvalue weighted by Gasteiger charge is -2.18. The first kappa shape index (κ1) is 17.6. The third kappa shape index (κ3) is 3.60. The second-order valence-electron chi connectivity index (χ2n) is 5.51. The molecule has 0 spiro atoms. The van der Waals surface area contributed by atoms with Crippen molar-refractivity contribution in [1.29, 1.82) is 0 Å². The van der Waals surface area contributed by atoms with Crippen LogP contribution in [0.25, 0.3) is 11.3 Å². The van der Waals surface area contributed by atoms with Crippen LogP contribution in [-0.2, 0) is 7.05 Å². The normalized spacial score (nSPS) is 10.8. The number of halogens is 3. The lowest BCUT2D eigenvalue weighted by Crippen LogP contribution is -2.28. The quantitative estimate of drug-likeness (QED) is 0.601. The standard InChI is InChI=1S/C18H14BrClFN3O/c1-23(16-8-5-12(19)9-14(16)21)18(25)17-10-15(22-24(17)2)11-3-6-13(20)7-4-11/h3-10H,1-2H3. The molecule has 0 unspecified atom stereocenters. The minimum atomic E-state index is -0.481. The van der Waals surface area contributed by atoms with Crippen LogP contribution in [0.15, 0.2) is 53.0 Å². The number of hydrogen-bond donors (Lipinski definition) is 0. The van der Waals surface area contributed by atoms with Gasteiger partial charge in [0.25, 0.3) is 5.91 Å². The fraction of sp³-hybridized carbons (Fsp3) is 0.111. The van der Waals surface area contributed by atoms with Crippen molar-refractivity contribution in [2.24, 2.45) is 7.05 Å². The Labute approximate surface area is 158 Å². The van der Waals surface area contributed by atoms with Crippen molar-refractivity contribution in [2.45, 2.75) is 0 Å². The molecule has 0 radical (unpaired) electrons. The van der Waals surface area contributed by atoms with Crippen LogP contribution in [0.2, 0.25) is 5.02 Å². The van der Waals surface area contributed by atoms with Crippen molar-refractivity contribution >= 4 is 39.1 Å². The number of carbonyl (C=O) groups is 1. The Bertz CT molecular complexity index is 940. The van der Waals surface area contributed by atoms with Crippen molar-refractivity contribution in [3.05, 3.63) is 69.5 Å².